The van der Waals surface area contributed by atoms with Crippen molar-refractivity contribution in [1.29, 1.82) is 0 Å². The van der Waals surface area contributed by atoms with Crippen molar-refractivity contribution in [2.45, 2.75) is 67.6 Å². The van der Waals surface area contributed by atoms with Gasteiger partial charge in [-0.05, 0) is 23.6 Å². The van der Waals surface area contributed by atoms with E-state index in [9.17, 15) is 62.2 Å². The van der Waals surface area contributed by atoms with Crippen molar-refractivity contribution in [2.75, 3.05) is 0 Å². The van der Waals surface area contributed by atoms with Crippen LogP contribution in [0.5, 0.6) is 0 Å². The van der Waals surface area contributed by atoms with Crippen molar-refractivity contribution in [3.63, 3.8) is 0 Å². The van der Waals surface area contributed by atoms with Gasteiger partial charge < -0.3 is 5.11 Å². The summed E-state index contributed by atoms with van der Waals surface area (Å²) in [5.74, 6) is -39.3. The molecule has 0 saturated carbocycles. The third kappa shape index (κ3) is 4.76. The molecule has 2 atom stereocenters. The first-order chi connectivity index (χ1) is 16.5. The Morgan fingerprint density at radius 3 is 1.51 bits per heavy atom. The number of halogens is 13. The van der Waals surface area contributed by atoms with Gasteiger partial charge in [0.25, 0.3) is 0 Å². The van der Waals surface area contributed by atoms with Crippen molar-refractivity contribution in [3.05, 3.63) is 71.3 Å². The summed E-state index contributed by atoms with van der Waals surface area (Å²) in [6.07, 6.45) is -10.2. The Morgan fingerprint density at radius 1 is 0.622 bits per heavy atom. The van der Waals surface area contributed by atoms with Crippen LogP contribution in [0, 0.1) is 6.92 Å². The molecule has 0 radical (unpaired) electrons. The van der Waals surface area contributed by atoms with Crippen molar-refractivity contribution >= 4 is 0 Å². The molecular weight excluding hydrogens is 539 g/mol. The van der Waals surface area contributed by atoms with Gasteiger partial charge in [0.1, 0.15) is 5.60 Å². The smallest absolute Gasteiger partial charge is 0.384 e. The fourth-order valence-corrected chi connectivity index (χ4v) is 3.81. The van der Waals surface area contributed by atoms with Gasteiger partial charge in [0.05, 0.1) is 6.42 Å². The first kappa shape index (κ1) is 30.7. The van der Waals surface area contributed by atoms with Gasteiger partial charge in [-0.25, -0.2) is 0 Å². The lowest BCUT2D eigenvalue weighted by atomic mass is 9.72. The van der Waals surface area contributed by atoms with Crippen molar-refractivity contribution in [3.8, 4) is 0 Å². The highest BCUT2D eigenvalue weighted by Crippen LogP contribution is 2.62. The largest absolute Gasteiger partial charge is 0.460 e. The highest BCUT2D eigenvalue weighted by molar-refractivity contribution is 5.36. The topological polar surface area (TPSA) is 20.2 Å². The van der Waals surface area contributed by atoms with E-state index in [0.29, 0.717) is 0 Å². The number of alkyl halides is 13. The standard InChI is InChI=1S/C23H19F13O/c1-13-8-6-7-11-16(13)17(37,14(2)15-9-4-3-5-10-15)12-18(24,25)19(26,27)20(28,29)21(30,31)22(32,33)23(34,35)36/h3-11,14,37H,12H2,1-2H3. The number of hydrogen-bond acceptors (Lipinski definition) is 1. The normalized spacial score (nSPS) is 16.9. The second-order valence-corrected chi connectivity index (χ2v) is 8.55. The highest BCUT2D eigenvalue weighted by atomic mass is 19.4. The average Bonchev–Trinajstić information content (AvgIpc) is 2.77. The molecule has 0 aliphatic heterocycles. The molecule has 2 rings (SSSR count). The van der Waals surface area contributed by atoms with Gasteiger partial charge in [-0.3, -0.25) is 0 Å². The van der Waals surface area contributed by atoms with Gasteiger partial charge in [-0.15, -0.1) is 0 Å². The molecule has 1 nitrogen and oxygen atoms in total. The SMILES string of the molecule is Cc1ccccc1C(O)(CC(F)(F)C(F)(F)C(F)(F)C(F)(F)C(F)(F)C(F)(F)F)C(C)c1ccccc1. The predicted molar refractivity (Wildman–Crippen MR) is 105 cm³/mol. The van der Waals surface area contributed by atoms with E-state index in [0.717, 1.165) is 19.1 Å². The zero-order chi connectivity index (χ0) is 28.9. The monoisotopic (exact) mass is 558 g/mol. The highest BCUT2D eigenvalue weighted by Gasteiger charge is 2.90. The van der Waals surface area contributed by atoms with E-state index in [4.69, 9.17) is 0 Å². The van der Waals surface area contributed by atoms with Crippen LogP contribution in [0.1, 0.15) is 36.0 Å². The Hall–Kier alpha value is -2.51. The second kappa shape index (κ2) is 9.35. The summed E-state index contributed by atoms with van der Waals surface area (Å²) in [7, 11) is 0. The summed E-state index contributed by atoms with van der Waals surface area (Å²) in [6.45, 7) is 2.22. The maximum Gasteiger partial charge on any atom is 0.460 e. The van der Waals surface area contributed by atoms with E-state index in [1.165, 1.54) is 49.4 Å². The van der Waals surface area contributed by atoms with Gasteiger partial charge in [-0.2, -0.15) is 57.1 Å². The molecule has 0 aromatic heterocycles. The number of hydrogen-bond donors (Lipinski definition) is 1. The molecule has 0 saturated heterocycles. The quantitative estimate of drug-likeness (QED) is 0.309. The molecule has 208 valence electrons. The van der Waals surface area contributed by atoms with E-state index >= 15 is 0 Å². The summed E-state index contributed by atoms with van der Waals surface area (Å²) < 4.78 is 177. The average molecular weight is 558 g/mol. The van der Waals surface area contributed by atoms with Crippen molar-refractivity contribution in [1.82, 2.24) is 0 Å². The molecule has 2 aromatic carbocycles. The van der Waals surface area contributed by atoms with E-state index in [-0.39, 0.29) is 11.1 Å². The zero-order valence-corrected chi connectivity index (χ0v) is 18.8. The fraction of sp³-hybridized carbons (Fsp3) is 0.478. The van der Waals surface area contributed by atoms with Crippen LogP contribution in [0.3, 0.4) is 0 Å². The van der Waals surface area contributed by atoms with E-state index < -0.39 is 59.3 Å². The van der Waals surface area contributed by atoms with Gasteiger partial charge in [-0.1, -0.05) is 61.5 Å². The van der Waals surface area contributed by atoms with Crippen LogP contribution in [0.25, 0.3) is 0 Å². The molecule has 0 aliphatic carbocycles. The molecule has 2 unspecified atom stereocenters. The van der Waals surface area contributed by atoms with Crippen LogP contribution in [-0.2, 0) is 5.60 Å². The van der Waals surface area contributed by atoms with Crippen LogP contribution in [-0.4, -0.2) is 40.9 Å². The lowest BCUT2D eigenvalue weighted by Gasteiger charge is -2.43. The van der Waals surface area contributed by atoms with E-state index in [2.05, 4.69) is 0 Å². The van der Waals surface area contributed by atoms with E-state index in [1.54, 1.807) is 0 Å². The lowest BCUT2D eigenvalue weighted by Crippen LogP contribution is -2.70. The molecule has 1 N–H and O–H groups in total. The molecule has 0 fully saturated rings. The number of aliphatic hydroxyl groups is 1. The summed E-state index contributed by atoms with van der Waals surface area (Å²) in [4.78, 5) is 0. The van der Waals surface area contributed by atoms with Gasteiger partial charge in [0.15, 0.2) is 0 Å². The predicted octanol–water partition coefficient (Wildman–Crippen LogP) is 8.12. The summed E-state index contributed by atoms with van der Waals surface area (Å²) in [5, 5.41) is 11.3. The van der Waals surface area contributed by atoms with Crippen LogP contribution in [0.15, 0.2) is 54.6 Å². The van der Waals surface area contributed by atoms with Crippen molar-refractivity contribution < 1.29 is 62.2 Å². The maximum atomic E-state index is 14.9. The molecule has 0 amide bonds. The Balaban J connectivity index is 2.70. The zero-order valence-electron chi connectivity index (χ0n) is 18.8. The molecule has 0 spiro atoms. The van der Waals surface area contributed by atoms with Gasteiger partial charge >= 0.3 is 35.8 Å². The van der Waals surface area contributed by atoms with Gasteiger partial charge in [0.2, 0.25) is 0 Å². The van der Waals surface area contributed by atoms with Gasteiger partial charge in [0, 0.05) is 5.92 Å². The maximum absolute atomic E-state index is 14.9. The molecular formula is C23H19F13O. The van der Waals surface area contributed by atoms with Crippen LogP contribution >= 0.6 is 0 Å². The Labute approximate surface area is 201 Å². The third-order valence-corrected chi connectivity index (χ3v) is 6.12. The minimum atomic E-state index is -8.00. The Bertz CT molecular complexity index is 1080. The first-order valence-electron chi connectivity index (χ1n) is 10.3. The lowest BCUT2D eigenvalue weighted by molar-refractivity contribution is -0.441. The molecule has 0 aliphatic rings. The molecule has 0 heterocycles. The van der Waals surface area contributed by atoms with Crippen molar-refractivity contribution in [2.24, 2.45) is 0 Å². The minimum absolute atomic E-state index is 0.00642. The summed E-state index contributed by atoms with van der Waals surface area (Å²) in [6, 6.07) is 11.2. The summed E-state index contributed by atoms with van der Waals surface area (Å²) in [5.41, 5.74) is -3.80. The van der Waals surface area contributed by atoms with Crippen LogP contribution < -0.4 is 0 Å². The number of benzene rings is 2. The Kier molecular flexibility index (Phi) is 7.76. The molecule has 2 aromatic rings. The number of rotatable bonds is 9. The number of aryl methyl sites for hydroxylation is 1. The molecule has 0 bridgehead atoms. The minimum Gasteiger partial charge on any atom is -0.384 e. The van der Waals surface area contributed by atoms with Crippen LogP contribution in [0.2, 0.25) is 0 Å². The summed E-state index contributed by atoms with van der Waals surface area (Å²) >= 11 is 0. The first-order valence-corrected chi connectivity index (χ1v) is 10.3. The fourth-order valence-electron chi connectivity index (χ4n) is 3.81. The molecule has 14 heteroatoms. The van der Waals surface area contributed by atoms with E-state index in [1.807, 2.05) is 0 Å². The molecule has 37 heavy (non-hydrogen) atoms. The van der Waals surface area contributed by atoms with Crippen LogP contribution in [0.4, 0.5) is 57.1 Å². The Morgan fingerprint density at radius 2 is 1.05 bits per heavy atom. The second-order valence-electron chi connectivity index (χ2n) is 8.55. The third-order valence-electron chi connectivity index (χ3n) is 6.12.